The van der Waals surface area contributed by atoms with Crippen molar-refractivity contribution >= 4 is 40.6 Å². The van der Waals surface area contributed by atoms with E-state index in [2.05, 4.69) is 0 Å². The number of esters is 4. The van der Waals surface area contributed by atoms with Crippen LogP contribution < -0.4 is 0 Å². The first-order valence-corrected chi connectivity index (χ1v) is 9.19. The zero-order chi connectivity index (χ0) is 20.5. The molecule has 0 bridgehead atoms. The third-order valence-corrected chi connectivity index (χ3v) is 5.50. The molecule has 2 aliphatic rings. The molecule has 2 unspecified atom stereocenters. The van der Waals surface area contributed by atoms with E-state index in [9.17, 15) is 28.2 Å². The number of piperidine rings is 1. The Morgan fingerprint density at radius 3 is 1.81 bits per heavy atom. The number of ether oxygens (including phenoxy) is 4. The molecule has 0 N–H and O–H groups in total. The molecule has 2 aliphatic heterocycles. The van der Waals surface area contributed by atoms with Crippen LogP contribution in [0.15, 0.2) is 0 Å². The van der Waals surface area contributed by atoms with E-state index in [1.54, 1.807) is 0 Å². The highest BCUT2D eigenvalue weighted by molar-refractivity contribution is 7.87. The second-order valence-corrected chi connectivity index (χ2v) is 7.52. The molecule has 0 aromatic heterocycles. The number of amides is 1. The van der Waals surface area contributed by atoms with E-state index in [0.29, 0.717) is 0 Å². The van der Waals surface area contributed by atoms with Crippen LogP contribution >= 0.6 is 0 Å². The van der Waals surface area contributed by atoms with Gasteiger partial charge >= 0.3 is 23.9 Å². The number of carbonyl (C=O) groups is 5. The fourth-order valence-corrected chi connectivity index (χ4v) is 4.74. The van der Waals surface area contributed by atoms with Gasteiger partial charge in [0.15, 0.2) is 23.7 Å². The normalized spacial score (nSPS) is 32.3. The summed E-state index contributed by atoms with van der Waals surface area (Å²) in [6, 6.07) is 0. The average molecular weight is 405 g/mol. The number of hydrogen-bond donors (Lipinski definition) is 0. The van der Waals surface area contributed by atoms with Crippen molar-refractivity contribution < 1.29 is 47.1 Å². The van der Waals surface area contributed by atoms with Crippen LogP contribution in [0, 0.1) is 0 Å². The standard InChI is InChI=1S/C15H19NO10S/c1-6(17)23-10-5-16-13(21)15(26-9(4)20)27(22)14(16)12(25-8(3)19)11(10)24-7(2)18/h10-12,14-15H,5H2,1-4H3/t10-,11-,12-,14+,15?,27?/m1/s1. The van der Waals surface area contributed by atoms with Crippen molar-refractivity contribution in [2.24, 2.45) is 0 Å². The lowest BCUT2D eigenvalue weighted by atomic mass is 10.0. The van der Waals surface area contributed by atoms with E-state index in [1.165, 1.54) is 0 Å². The maximum absolute atomic E-state index is 12.8. The maximum Gasteiger partial charge on any atom is 0.304 e. The van der Waals surface area contributed by atoms with Gasteiger partial charge in [0, 0.05) is 27.7 Å². The molecule has 0 aromatic rings. The third-order valence-electron chi connectivity index (χ3n) is 3.78. The Hall–Kier alpha value is -2.50. The molecule has 2 rings (SSSR count). The molecule has 2 saturated heterocycles. The number of fused-ring (bicyclic) bond motifs is 1. The van der Waals surface area contributed by atoms with Crippen LogP contribution in [0.5, 0.6) is 0 Å². The highest BCUT2D eigenvalue weighted by atomic mass is 32.2. The van der Waals surface area contributed by atoms with Crippen LogP contribution in [0.1, 0.15) is 27.7 Å². The first-order valence-electron chi connectivity index (χ1n) is 7.91. The molecule has 0 spiro atoms. The average Bonchev–Trinajstić information content (AvgIpc) is 2.73. The number of carbonyl (C=O) groups excluding carboxylic acids is 5. The monoisotopic (exact) mass is 405 g/mol. The first-order chi connectivity index (χ1) is 12.5. The lowest BCUT2D eigenvalue weighted by Crippen LogP contribution is -2.63. The first kappa shape index (κ1) is 20.8. The van der Waals surface area contributed by atoms with Gasteiger partial charge in [0.2, 0.25) is 0 Å². The van der Waals surface area contributed by atoms with E-state index >= 15 is 0 Å². The molecule has 6 atom stereocenters. The van der Waals surface area contributed by atoms with Gasteiger partial charge in [0.25, 0.3) is 11.3 Å². The lowest BCUT2D eigenvalue weighted by molar-refractivity contribution is -0.198. The topological polar surface area (TPSA) is 143 Å². The minimum atomic E-state index is -2.11. The summed E-state index contributed by atoms with van der Waals surface area (Å²) < 4.78 is 33.0. The molecule has 12 heteroatoms. The van der Waals surface area contributed by atoms with Crippen LogP contribution in [0.4, 0.5) is 0 Å². The Morgan fingerprint density at radius 2 is 1.33 bits per heavy atom. The Labute approximate surface area is 156 Å². The van der Waals surface area contributed by atoms with Crippen molar-refractivity contribution in [2.45, 2.75) is 56.8 Å². The predicted octanol–water partition coefficient (Wildman–Crippen LogP) is -1.40. The molecule has 0 radical (unpaired) electrons. The van der Waals surface area contributed by atoms with E-state index in [-0.39, 0.29) is 6.54 Å². The van der Waals surface area contributed by atoms with Crippen LogP contribution in [0.2, 0.25) is 0 Å². The van der Waals surface area contributed by atoms with Crippen LogP contribution in [-0.2, 0) is 53.7 Å². The maximum atomic E-state index is 12.8. The Morgan fingerprint density at radius 1 is 0.852 bits per heavy atom. The summed E-state index contributed by atoms with van der Waals surface area (Å²) in [5.41, 5.74) is -1.60. The van der Waals surface area contributed by atoms with Gasteiger partial charge in [0.05, 0.1) is 17.3 Å². The Balaban J connectivity index is 2.46. The molecular weight excluding hydrogens is 386 g/mol. The van der Waals surface area contributed by atoms with E-state index in [4.69, 9.17) is 18.9 Å². The van der Waals surface area contributed by atoms with Gasteiger partial charge in [-0.2, -0.15) is 0 Å². The zero-order valence-corrected chi connectivity index (χ0v) is 15.8. The Kier molecular flexibility index (Phi) is 6.19. The van der Waals surface area contributed by atoms with Gasteiger partial charge in [-0.05, 0) is 0 Å². The van der Waals surface area contributed by atoms with Crippen molar-refractivity contribution in [3.63, 3.8) is 0 Å². The minimum absolute atomic E-state index is 0.275. The van der Waals surface area contributed by atoms with Gasteiger partial charge in [-0.15, -0.1) is 0 Å². The highest BCUT2D eigenvalue weighted by Crippen LogP contribution is 2.35. The largest absolute Gasteiger partial charge is 0.457 e. The number of nitrogens with zero attached hydrogens (tertiary/aromatic N) is 1. The lowest BCUT2D eigenvalue weighted by Gasteiger charge is -2.42. The fourth-order valence-electron chi connectivity index (χ4n) is 3.00. The van der Waals surface area contributed by atoms with Gasteiger partial charge < -0.3 is 23.8 Å². The number of rotatable bonds is 4. The molecule has 2 fully saturated rings. The summed E-state index contributed by atoms with van der Waals surface area (Å²) in [5, 5.41) is -1.23. The second-order valence-electron chi connectivity index (χ2n) is 5.95. The summed E-state index contributed by atoms with van der Waals surface area (Å²) in [4.78, 5) is 59.3. The van der Waals surface area contributed by atoms with Gasteiger partial charge in [-0.25, -0.2) is 0 Å². The molecule has 0 aliphatic carbocycles. The van der Waals surface area contributed by atoms with Crippen LogP contribution in [0.3, 0.4) is 0 Å². The summed E-state index contributed by atoms with van der Waals surface area (Å²) in [6.07, 6.45) is -3.83. The van der Waals surface area contributed by atoms with Crippen molar-refractivity contribution in [3.05, 3.63) is 0 Å². The molecular formula is C15H19NO10S. The molecule has 27 heavy (non-hydrogen) atoms. The SMILES string of the molecule is CC(=O)OC1C(=O)N2C[C@@H](OC(C)=O)[C@@H](OC(C)=O)[C@@H](OC(C)=O)[C@@H]2S1=O. The zero-order valence-electron chi connectivity index (χ0n) is 15.0. The van der Waals surface area contributed by atoms with Gasteiger partial charge in [-0.3, -0.25) is 28.2 Å². The molecule has 150 valence electrons. The molecule has 11 nitrogen and oxygen atoms in total. The summed E-state index contributed by atoms with van der Waals surface area (Å²) in [6.45, 7) is 4.06. The van der Waals surface area contributed by atoms with Crippen molar-refractivity contribution in [1.82, 2.24) is 4.90 Å². The molecule has 1 amide bonds. The van der Waals surface area contributed by atoms with E-state index < -0.39 is 69.7 Å². The van der Waals surface area contributed by atoms with Crippen molar-refractivity contribution in [1.29, 1.82) is 0 Å². The quantitative estimate of drug-likeness (QED) is 0.405. The third kappa shape index (κ3) is 4.43. The Bertz CT molecular complexity index is 707. The van der Waals surface area contributed by atoms with Crippen LogP contribution in [0.25, 0.3) is 0 Å². The fraction of sp³-hybridized carbons (Fsp3) is 0.667. The highest BCUT2D eigenvalue weighted by Gasteiger charge is 2.60. The number of hydrogen-bond acceptors (Lipinski definition) is 10. The van der Waals surface area contributed by atoms with Crippen molar-refractivity contribution in [2.75, 3.05) is 6.54 Å². The van der Waals surface area contributed by atoms with E-state index in [0.717, 1.165) is 32.6 Å². The predicted molar refractivity (Wildman–Crippen MR) is 85.9 cm³/mol. The van der Waals surface area contributed by atoms with E-state index in [1.807, 2.05) is 0 Å². The van der Waals surface area contributed by atoms with Gasteiger partial charge in [-0.1, -0.05) is 0 Å². The molecule has 0 saturated carbocycles. The molecule has 2 heterocycles. The van der Waals surface area contributed by atoms with Crippen LogP contribution in [-0.4, -0.2) is 74.6 Å². The minimum Gasteiger partial charge on any atom is -0.457 e. The summed E-state index contributed by atoms with van der Waals surface area (Å²) in [7, 11) is -2.11. The smallest absolute Gasteiger partial charge is 0.304 e. The molecule has 0 aromatic carbocycles. The second kappa shape index (κ2) is 8.03. The summed E-state index contributed by atoms with van der Waals surface area (Å²) in [5.74, 6) is -3.88. The van der Waals surface area contributed by atoms with Crippen molar-refractivity contribution in [3.8, 4) is 0 Å². The van der Waals surface area contributed by atoms with Gasteiger partial charge in [0.1, 0.15) is 0 Å². The summed E-state index contributed by atoms with van der Waals surface area (Å²) >= 11 is 0.